The second kappa shape index (κ2) is 11.6. The highest BCUT2D eigenvalue weighted by Crippen LogP contribution is 2.32. The smallest absolute Gasteiger partial charge is 0.306 e. The Balaban J connectivity index is 1.64. The van der Waals surface area contributed by atoms with Crippen LogP contribution in [0.2, 0.25) is 10.0 Å². The van der Waals surface area contributed by atoms with E-state index in [0.29, 0.717) is 46.9 Å². The highest BCUT2D eigenvalue weighted by Gasteiger charge is 2.10. The molecular weight excluding hydrogens is 449 g/mol. The second-order valence-corrected chi connectivity index (χ2v) is 7.64. The van der Waals surface area contributed by atoms with Crippen LogP contribution in [0.5, 0.6) is 17.4 Å². The van der Waals surface area contributed by atoms with Gasteiger partial charge in [0.2, 0.25) is 5.88 Å². The molecule has 2 aromatic carbocycles. The number of rotatable bonds is 9. The molecule has 3 aromatic rings. The summed E-state index contributed by atoms with van der Waals surface area (Å²) in [7, 11) is 1.57. The zero-order valence-corrected chi connectivity index (χ0v) is 19.3. The molecule has 0 aliphatic heterocycles. The summed E-state index contributed by atoms with van der Waals surface area (Å²) in [4.78, 5) is 15.9. The Morgan fingerprint density at radius 1 is 0.969 bits per heavy atom. The van der Waals surface area contributed by atoms with Gasteiger partial charge in [-0.2, -0.15) is 0 Å². The van der Waals surface area contributed by atoms with Crippen LogP contribution in [0, 0.1) is 0 Å². The predicted octanol–water partition coefficient (Wildman–Crippen LogP) is 6.86. The number of halogens is 2. The third-order valence-corrected chi connectivity index (χ3v) is 5.28. The molecule has 0 spiro atoms. The number of esters is 1. The van der Waals surface area contributed by atoms with Crippen molar-refractivity contribution in [3.63, 3.8) is 0 Å². The highest BCUT2D eigenvalue weighted by molar-refractivity contribution is 6.42. The molecule has 0 amide bonds. The van der Waals surface area contributed by atoms with Crippen LogP contribution >= 0.6 is 23.2 Å². The van der Waals surface area contributed by atoms with E-state index in [2.05, 4.69) is 4.98 Å². The van der Waals surface area contributed by atoms with E-state index in [9.17, 15) is 4.79 Å². The van der Waals surface area contributed by atoms with Gasteiger partial charge in [-0.25, -0.2) is 4.98 Å². The maximum atomic E-state index is 11.6. The SMILES string of the molecule is CCOC(=O)CCc1ccc(Oc2ccc(C=Cc3ccc(Cl)c(Cl)c3)cn2)c(OC)c1. The Morgan fingerprint density at radius 2 is 1.75 bits per heavy atom. The van der Waals surface area contributed by atoms with Gasteiger partial charge < -0.3 is 14.2 Å². The third kappa shape index (κ3) is 6.74. The van der Waals surface area contributed by atoms with E-state index in [0.717, 1.165) is 16.7 Å². The first kappa shape index (κ1) is 23.6. The van der Waals surface area contributed by atoms with Crippen LogP contribution in [0.4, 0.5) is 0 Å². The quantitative estimate of drug-likeness (QED) is 0.319. The first-order valence-electron chi connectivity index (χ1n) is 10.1. The molecule has 0 saturated carbocycles. The average Bonchev–Trinajstić information content (AvgIpc) is 2.80. The maximum absolute atomic E-state index is 11.6. The van der Waals surface area contributed by atoms with Crippen molar-refractivity contribution in [3.8, 4) is 17.4 Å². The van der Waals surface area contributed by atoms with Crippen LogP contribution in [-0.2, 0) is 16.0 Å². The van der Waals surface area contributed by atoms with E-state index in [-0.39, 0.29) is 5.97 Å². The maximum Gasteiger partial charge on any atom is 0.306 e. The molecule has 1 aromatic heterocycles. The summed E-state index contributed by atoms with van der Waals surface area (Å²) < 4.78 is 16.3. The Labute approximate surface area is 197 Å². The van der Waals surface area contributed by atoms with Crippen LogP contribution in [0.25, 0.3) is 12.2 Å². The second-order valence-electron chi connectivity index (χ2n) is 6.83. The van der Waals surface area contributed by atoms with E-state index in [4.69, 9.17) is 37.4 Å². The van der Waals surface area contributed by atoms with Crippen molar-refractivity contribution in [1.29, 1.82) is 0 Å². The Bertz CT molecular complexity index is 1100. The number of hydrogen-bond donors (Lipinski definition) is 0. The first-order valence-corrected chi connectivity index (χ1v) is 10.8. The Kier molecular flexibility index (Phi) is 8.54. The van der Waals surface area contributed by atoms with Crippen LogP contribution in [0.3, 0.4) is 0 Å². The number of nitrogens with zero attached hydrogens (tertiary/aromatic N) is 1. The zero-order valence-electron chi connectivity index (χ0n) is 17.8. The minimum absolute atomic E-state index is 0.218. The normalized spacial score (nSPS) is 10.9. The number of aryl methyl sites for hydroxylation is 1. The molecule has 0 aliphatic rings. The van der Waals surface area contributed by atoms with Gasteiger partial charge in [0.25, 0.3) is 0 Å². The first-order chi connectivity index (χ1) is 15.5. The van der Waals surface area contributed by atoms with Crippen molar-refractivity contribution in [3.05, 3.63) is 81.5 Å². The summed E-state index contributed by atoms with van der Waals surface area (Å²) >= 11 is 12.0. The summed E-state index contributed by atoms with van der Waals surface area (Å²) in [6.07, 6.45) is 6.44. The molecule has 32 heavy (non-hydrogen) atoms. The lowest BCUT2D eigenvalue weighted by atomic mass is 10.1. The minimum Gasteiger partial charge on any atom is -0.493 e. The molecule has 0 bridgehead atoms. The van der Waals surface area contributed by atoms with E-state index in [1.165, 1.54) is 0 Å². The summed E-state index contributed by atoms with van der Waals surface area (Å²) in [6.45, 7) is 2.17. The van der Waals surface area contributed by atoms with Gasteiger partial charge in [-0.3, -0.25) is 4.79 Å². The van der Waals surface area contributed by atoms with Crippen molar-refractivity contribution in [2.24, 2.45) is 0 Å². The predicted molar refractivity (Wildman–Crippen MR) is 128 cm³/mol. The van der Waals surface area contributed by atoms with Crippen molar-refractivity contribution >= 4 is 41.3 Å². The fourth-order valence-electron chi connectivity index (χ4n) is 2.90. The summed E-state index contributed by atoms with van der Waals surface area (Å²) in [5.41, 5.74) is 2.80. The lowest BCUT2D eigenvalue weighted by Crippen LogP contribution is -2.05. The number of benzene rings is 2. The van der Waals surface area contributed by atoms with Gasteiger partial charge in [0.1, 0.15) is 0 Å². The fraction of sp³-hybridized carbons (Fsp3) is 0.200. The summed E-state index contributed by atoms with van der Waals surface area (Å²) in [6, 6.07) is 14.7. The largest absolute Gasteiger partial charge is 0.493 e. The van der Waals surface area contributed by atoms with Crippen molar-refractivity contribution in [1.82, 2.24) is 4.98 Å². The van der Waals surface area contributed by atoms with Crippen LogP contribution < -0.4 is 9.47 Å². The fourth-order valence-corrected chi connectivity index (χ4v) is 3.21. The lowest BCUT2D eigenvalue weighted by Gasteiger charge is -2.11. The Hall–Kier alpha value is -3.02. The molecule has 0 aliphatic carbocycles. The highest BCUT2D eigenvalue weighted by atomic mass is 35.5. The van der Waals surface area contributed by atoms with Crippen LogP contribution in [0.1, 0.15) is 30.0 Å². The molecular formula is C25H23Cl2NO4. The lowest BCUT2D eigenvalue weighted by molar-refractivity contribution is -0.143. The molecule has 0 N–H and O–H groups in total. The number of carbonyl (C=O) groups excluding carboxylic acids is 1. The van der Waals surface area contributed by atoms with Gasteiger partial charge >= 0.3 is 5.97 Å². The van der Waals surface area contributed by atoms with Gasteiger partial charge in [0.05, 0.1) is 23.8 Å². The number of hydrogen-bond acceptors (Lipinski definition) is 5. The van der Waals surface area contributed by atoms with Crippen molar-refractivity contribution < 1.29 is 19.0 Å². The molecule has 166 valence electrons. The van der Waals surface area contributed by atoms with E-state index >= 15 is 0 Å². The summed E-state index contributed by atoms with van der Waals surface area (Å²) in [5.74, 6) is 1.33. The van der Waals surface area contributed by atoms with Crippen molar-refractivity contribution in [2.75, 3.05) is 13.7 Å². The van der Waals surface area contributed by atoms with Gasteiger partial charge in [-0.05, 0) is 60.4 Å². The minimum atomic E-state index is -0.218. The molecule has 0 unspecified atom stereocenters. The van der Waals surface area contributed by atoms with E-state index in [1.54, 1.807) is 44.5 Å². The van der Waals surface area contributed by atoms with Crippen LogP contribution in [0.15, 0.2) is 54.7 Å². The van der Waals surface area contributed by atoms with Gasteiger partial charge in [-0.1, -0.05) is 47.5 Å². The van der Waals surface area contributed by atoms with Crippen LogP contribution in [-0.4, -0.2) is 24.7 Å². The monoisotopic (exact) mass is 471 g/mol. The topological polar surface area (TPSA) is 57.7 Å². The number of aromatic nitrogens is 1. The standard InChI is InChI=1S/C25H23Cl2NO4/c1-3-31-25(29)13-9-18-7-11-22(23(15-18)30-2)32-24-12-8-19(16-28-24)5-4-17-6-10-20(26)21(27)14-17/h4-8,10-12,14-16H,3,9,13H2,1-2H3. The van der Waals surface area contributed by atoms with Gasteiger partial charge in [-0.15, -0.1) is 0 Å². The summed E-state index contributed by atoms with van der Waals surface area (Å²) in [5, 5.41) is 1.03. The molecule has 0 fully saturated rings. The zero-order chi connectivity index (χ0) is 22.9. The molecule has 7 heteroatoms. The third-order valence-electron chi connectivity index (χ3n) is 4.54. The van der Waals surface area contributed by atoms with Gasteiger partial charge in [0, 0.05) is 18.7 Å². The van der Waals surface area contributed by atoms with E-state index in [1.807, 2.05) is 36.4 Å². The number of methoxy groups -OCH3 is 1. The number of carbonyl (C=O) groups is 1. The Morgan fingerprint density at radius 3 is 2.44 bits per heavy atom. The average molecular weight is 472 g/mol. The molecule has 1 heterocycles. The molecule has 3 rings (SSSR count). The van der Waals surface area contributed by atoms with Crippen molar-refractivity contribution in [2.45, 2.75) is 19.8 Å². The molecule has 0 saturated heterocycles. The molecule has 0 radical (unpaired) electrons. The number of ether oxygens (including phenoxy) is 3. The van der Waals surface area contributed by atoms with E-state index < -0.39 is 0 Å². The molecule has 0 atom stereocenters. The van der Waals surface area contributed by atoms with Gasteiger partial charge in [0.15, 0.2) is 11.5 Å². The molecule has 5 nitrogen and oxygen atoms in total. The number of pyridine rings is 1.